The molecule has 4 nitrogen and oxygen atoms in total. The standard InChI is InChI=1S/C9H18N4S/c1-9(2,3)7(10)5-14-8-12-11-6-13(8)4/h6-7H,5,10H2,1-4H3. The van der Waals surface area contributed by atoms with E-state index >= 15 is 0 Å². The highest BCUT2D eigenvalue weighted by Crippen LogP contribution is 2.23. The van der Waals surface area contributed by atoms with E-state index in [0.29, 0.717) is 0 Å². The molecule has 1 atom stereocenters. The maximum Gasteiger partial charge on any atom is 0.190 e. The number of aromatic nitrogens is 3. The Kier molecular flexibility index (Phi) is 3.55. The molecule has 0 fully saturated rings. The third-order valence-electron chi connectivity index (χ3n) is 2.17. The molecule has 0 radical (unpaired) electrons. The number of nitrogens with zero attached hydrogens (tertiary/aromatic N) is 3. The van der Waals surface area contributed by atoms with Gasteiger partial charge in [0.1, 0.15) is 6.33 Å². The van der Waals surface area contributed by atoms with Gasteiger partial charge in [-0.3, -0.25) is 0 Å². The Balaban J connectivity index is 2.46. The van der Waals surface area contributed by atoms with Crippen LogP contribution in [0.3, 0.4) is 0 Å². The first-order valence-electron chi connectivity index (χ1n) is 4.63. The minimum atomic E-state index is 0.144. The number of nitrogens with two attached hydrogens (primary N) is 1. The van der Waals surface area contributed by atoms with Crippen LogP contribution in [-0.2, 0) is 7.05 Å². The second-order valence-corrected chi connectivity index (χ2v) is 5.50. The first-order valence-corrected chi connectivity index (χ1v) is 5.62. The molecule has 14 heavy (non-hydrogen) atoms. The molecule has 1 aromatic heterocycles. The summed E-state index contributed by atoms with van der Waals surface area (Å²) >= 11 is 1.65. The van der Waals surface area contributed by atoms with E-state index in [4.69, 9.17) is 5.73 Å². The first-order chi connectivity index (χ1) is 6.41. The van der Waals surface area contributed by atoms with Gasteiger partial charge in [0, 0.05) is 18.8 Å². The predicted octanol–water partition coefficient (Wildman–Crippen LogP) is 1.28. The summed E-state index contributed by atoms with van der Waals surface area (Å²) in [7, 11) is 1.94. The molecule has 0 aliphatic carbocycles. The number of rotatable bonds is 3. The summed E-state index contributed by atoms with van der Waals surface area (Å²) in [6.45, 7) is 6.44. The van der Waals surface area contributed by atoms with Crippen molar-refractivity contribution in [2.75, 3.05) is 5.75 Å². The molecule has 0 saturated carbocycles. The molecule has 0 bridgehead atoms. The largest absolute Gasteiger partial charge is 0.326 e. The summed E-state index contributed by atoms with van der Waals surface area (Å²) in [5.41, 5.74) is 6.18. The molecule has 0 aliphatic rings. The van der Waals surface area contributed by atoms with Crippen LogP contribution in [0.25, 0.3) is 0 Å². The lowest BCUT2D eigenvalue weighted by Gasteiger charge is -2.26. The van der Waals surface area contributed by atoms with Crippen molar-refractivity contribution in [2.45, 2.75) is 32.0 Å². The van der Waals surface area contributed by atoms with Gasteiger partial charge in [0.2, 0.25) is 0 Å². The predicted molar refractivity (Wildman–Crippen MR) is 59.2 cm³/mol. The van der Waals surface area contributed by atoms with Gasteiger partial charge in [-0.25, -0.2) is 0 Å². The Bertz CT molecular complexity index is 289. The lowest BCUT2D eigenvalue weighted by Crippen LogP contribution is -2.37. The van der Waals surface area contributed by atoms with Crippen LogP contribution < -0.4 is 5.73 Å². The Morgan fingerprint density at radius 2 is 2.21 bits per heavy atom. The first kappa shape index (κ1) is 11.5. The highest BCUT2D eigenvalue weighted by Gasteiger charge is 2.21. The van der Waals surface area contributed by atoms with Crippen molar-refractivity contribution in [1.82, 2.24) is 14.8 Å². The molecule has 0 aromatic carbocycles. The summed E-state index contributed by atoms with van der Waals surface area (Å²) in [6, 6.07) is 0.171. The van der Waals surface area contributed by atoms with Crippen LogP contribution in [0.15, 0.2) is 11.5 Å². The van der Waals surface area contributed by atoms with Gasteiger partial charge in [0.25, 0.3) is 0 Å². The third-order valence-corrected chi connectivity index (χ3v) is 3.33. The summed E-state index contributed by atoms with van der Waals surface area (Å²) in [4.78, 5) is 0. The van der Waals surface area contributed by atoms with E-state index in [9.17, 15) is 0 Å². The number of aryl methyl sites for hydroxylation is 1. The van der Waals surface area contributed by atoms with Crippen molar-refractivity contribution in [3.63, 3.8) is 0 Å². The fourth-order valence-electron chi connectivity index (χ4n) is 0.818. The van der Waals surface area contributed by atoms with E-state index in [1.54, 1.807) is 18.1 Å². The van der Waals surface area contributed by atoms with Crippen molar-refractivity contribution >= 4 is 11.8 Å². The zero-order chi connectivity index (χ0) is 10.8. The molecule has 2 N–H and O–H groups in total. The van der Waals surface area contributed by atoms with Gasteiger partial charge in [-0.2, -0.15) is 0 Å². The van der Waals surface area contributed by atoms with Crippen LogP contribution in [0.4, 0.5) is 0 Å². The molecule has 1 heterocycles. The molecule has 1 rings (SSSR count). The van der Waals surface area contributed by atoms with Gasteiger partial charge in [-0.1, -0.05) is 32.5 Å². The number of thioether (sulfide) groups is 1. The number of hydrogen-bond acceptors (Lipinski definition) is 4. The Morgan fingerprint density at radius 1 is 1.57 bits per heavy atom. The quantitative estimate of drug-likeness (QED) is 0.770. The highest BCUT2D eigenvalue weighted by molar-refractivity contribution is 7.99. The molecule has 0 amide bonds. The van der Waals surface area contributed by atoms with Crippen molar-refractivity contribution < 1.29 is 0 Å². The van der Waals surface area contributed by atoms with E-state index in [1.807, 2.05) is 11.6 Å². The fraction of sp³-hybridized carbons (Fsp3) is 0.778. The summed E-state index contributed by atoms with van der Waals surface area (Å²) in [5.74, 6) is 0.871. The van der Waals surface area contributed by atoms with Crippen LogP contribution in [0.5, 0.6) is 0 Å². The minimum absolute atomic E-state index is 0.144. The average molecular weight is 214 g/mol. The molecule has 80 valence electrons. The Morgan fingerprint density at radius 3 is 2.64 bits per heavy atom. The van der Waals surface area contributed by atoms with Gasteiger partial charge < -0.3 is 10.3 Å². The Labute approximate surface area is 89.3 Å². The SMILES string of the molecule is Cn1cnnc1SCC(N)C(C)(C)C. The lowest BCUT2D eigenvalue weighted by molar-refractivity contribution is 0.344. The second kappa shape index (κ2) is 4.31. The van der Waals surface area contributed by atoms with Gasteiger partial charge in [0.05, 0.1) is 0 Å². The molecular weight excluding hydrogens is 196 g/mol. The summed E-state index contributed by atoms with van der Waals surface area (Å²) in [5, 5.41) is 8.72. The zero-order valence-corrected chi connectivity index (χ0v) is 10.0. The van der Waals surface area contributed by atoms with Crippen LogP contribution in [-0.4, -0.2) is 26.6 Å². The van der Waals surface area contributed by atoms with Crippen molar-refractivity contribution in [3.8, 4) is 0 Å². The van der Waals surface area contributed by atoms with Gasteiger partial charge in [0.15, 0.2) is 5.16 Å². The normalized spacial score (nSPS) is 14.4. The molecular formula is C9H18N4S. The lowest BCUT2D eigenvalue weighted by atomic mass is 9.89. The molecule has 1 unspecified atom stereocenters. The average Bonchev–Trinajstić information content (AvgIpc) is 2.45. The second-order valence-electron chi connectivity index (χ2n) is 4.51. The summed E-state index contributed by atoms with van der Waals surface area (Å²) in [6.07, 6.45) is 1.70. The topological polar surface area (TPSA) is 56.7 Å². The van der Waals surface area contributed by atoms with Gasteiger partial charge >= 0.3 is 0 Å². The molecule has 0 saturated heterocycles. The number of hydrogen-bond donors (Lipinski definition) is 1. The Hall–Kier alpha value is -0.550. The maximum absolute atomic E-state index is 6.04. The molecule has 0 aliphatic heterocycles. The van der Waals surface area contributed by atoms with E-state index < -0.39 is 0 Å². The van der Waals surface area contributed by atoms with Crippen LogP contribution in [0.1, 0.15) is 20.8 Å². The monoisotopic (exact) mass is 214 g/mol. The van der Waals surface area contributed by atoms with Crippen LogP contribution >= 0.6 is 11.8 Å². The van der Waals surface area contributed by atoms with Crippen LogP contribution in [0.2, 0.25) is 0 Å². The third kappa shape index (κ3) is 2.99. The molecule has 1 aromatic rings. The molecule has 5 heteroatoms. The molecule has 0 spiro atoms. The fourth-order valence-corrected chi connectivity index (χ4v) is 2.00. The van der Waals surface area contributed by atoms with Crippen molar-refractivity contribution in [3.05, 3.63) is 6.33 Å². The van der Waals surface area contributed by atoms with E-state index in [0.717, 1.165) is 10.9 Å². The highest BCUT2D eigenvalue weighted by atomic mass is 32.2. The zero-order valence-electron chi connectivity index (χ0n) is 9.19. The summed E-state index contributed by atoms with van der Waals surface area (Å²) < 4.78 is 1.90. The van der Waals surface area contributed by atoms with E-state index in [2.05, 4.69) is 31.0 Å². The van der Waals surface area contributed by atoms with Crippen molar-refractivity contribution in [2.24, 2.45) is 18.2 Å². The smallest absolute Gasteiger partial charge is 0.190 e. The minimum Gasteiger partial charge on any atom is -0.326 e. The van der Waals surface area contributed by atoms with E-state index in [1.165, 1.54) is 0 Å². The van der Waals surface area contributed by atoms with Crippen molar-refractivity contribution in [1.29, 1.82) is 0 Å². The van der Waals surface area contributed by atoms with Gasteiger partial charge in [-0.15, -0.1) is 10.2 Å². The van der Waals surface area contributed by atoms with E-state index in [-0.39, 0.29) is 11.5 Å². The van der Waals surface area contributed by atoms with Crippen LogP contribution in [0, 0.1) is 5.41 Å². The van der Waals surface area contributed by atoms with Gasteiger partial charge in [-0.05, 0) is 5.41 Å². The maximum atomic E-state index is 6.04.